The molecule has 0 aromatic rings. The Kier molecular flexibility index (Phi) is 4.73. The summed E-state index contributed by atoms with van der Waals surface area (Å²) in [4.78, 5) is 25.3. The van der Waals surface area contributed by atoms with E-state index in [1.807, 2.05) is 4.90 Å². The topological polar surface area (TPSA) is 60.9 Å². The number of likely N-dealkylation sites (tertiary alicyclic amines) is 1. The Bertz CT molecular complexity index is 268. The first kappa shape index (κ1) is 13.0. The van der Waals surface area contributed by atoms with E-state index in [2.05, 4.69) is 0 Å². The number of nitrogens with zero attached hydrogens (tertiary/aromatic N) is 2. The molecule has 1 aliphatic heterocycles. The maximum atomic E-state index is 11.1. The molecule has 0 aromatic heterocycles. The second kappa shape index (κ2) is 5.84. The van der Waals surface area contributed by atoms with Crippen LogP contribution in [-0.4, -0.2) is 60.0 Å². The third kappa shape index (κ3) is 4.18. The van der Waals surface area contributed by atoms with Gasteiger partial charge in [-0.25, -0.2) is 0 Å². The summed E-state index contributed by atoms with van der Waals surface area (Å²) in [6.45, 7) is 4.03. The molecule has 1 saturated heterocycles. The van der Waals surface area contributed by atoms with Crippen LogP contribution in [-0.2, 0) is 9.59 Å². The highest BCUT2D eigenvalue weighted by molar-refractivity contribution is 5.72. The van der Waals surface area contributed by atoms with Gasteiger partial charge in [0.1, 0.15) is 0 Å². The lowest BCUT2D eigenvalue weighted by Crippen LogP contribution is -2.43. The molecule has 0 saturated carbocycles. The van der Waals surface area contributed by atoms with Crippen LogP contribution in [0.25, 0.3) is 0 Å². The lowest BCUT2D eigenvalue weighted by molar-refractivity contribution is -0.139. The van der Waals surface area contributed by atoms with Crippen molar-refractivity contribution in [3.8, 4) is 0 Å². The van der Waals surface area contributed by atoms with Gasteiger partial charge in [0.15, 0.2) is 0 Å². The molecule has 1 aliphatic rings. The van der Waals surface area contributed by atoms with Crippen LogP contribution in [0.15, 0.2) is 0 Å². The fraction of sp³-hybridized carbons (Fsp3) is 0.818. The Morgan fingerprint density at radius 2 is 2.19 bits per heavy atom. The Morgan fingerprint density at radius 3 is 2.75 bits per heavy atom. The minimum atomic E-state index is -0.777. The van der Waals surface area contributed by atoms with E-state index in [1.54, 1.807) is 18.9 Å². The van der Waals surface area contributed by atoms with E-state index in [1.165, 1.54) is 0 Å². The molecule has 1 unspecified atom stereocenters. The largest absolute Gasteiger partial charge is 0.480 e. The molecule has 1 amide bonds. The SMILES string of the molecule is CC(=O)N(C)CC1CCCN(CC(=O)O)C1. The van der Waals surface area contributed by atoms with Crippen LogP contribution in [0.1, 0.15) is 19.8 Å². The van der Waals surface area contributed by atoms with E-state index in [4.69, 9.17) is 5.11 Å². The van der Waals surface area contributed by atoms with Crippen molar-refractivity contribution in [3.05, 3.63) is 0 Å². The molecule has 0 aliphatic carbocycles. The minimum absolute atomic E-state index is 0.0651. The molecule has 0 bridgehead atoms. The molecular formula is C11H20N2O3. The Hall–Kier alpha value is -1.10. The van der Waals surface area contributed by atoms with E-state index in [0.717, 1.165) is 32.5 Å². The van der Waals surface area contributed by atoms with Crippen LogP contribution in [0.5, 0.6) is 0 Å². The highest BCUT2D eigenvalue weighted by atomic mass is 16.4. The zero-order valence-electron chi connectivity index (χ0n) is 9.98. The average molecular weight is 228 g/mol. The first-order valence-corrected chi connectivity index (χ1v) is 5.65. The predicted octanol–water partition coefficient (Wildman–Crippen LogP) is 0.261. The van der Waals surface area contributed by atoms with Gasteiger partial charge in [0.25, 0.3) is 0 Å². The molecule has 1 atom stereocenters. The van der Waals surface area contributed by atoms with Gasteiger partial charge in [0.2, 0.25) is 5.91 Å². The molecule has 5 heteroatoms. The highest BCUT2D eigenvalue weighted by Gasteiger charge is 2.22. The second-order valence-electron chi connectivity index (χ2n) is 4.54. The van der Waals surface area contributed by atoms with E-state index >= 15 is 0 Å². The van der Waals surface area contributed by atoms with Crippen molar-refractivity contribution in [2.45, 2.75) is 19.8 Å². The molecule has 0 aromatic carbocycles. The van der Waals surface area contributed by atoms with Gasteiger partial charge in [-0.15, -0.1) is 0 Å². The summed E-state index contributed by atoms with van der Waals surface area (Å²) >= 11 is 0. The Labute approximate surface area is 96.0 Å². The molecule has 1 N–H and O–H groups in total. The van der Waals surface area contributed by atoms with Crippen molar-refractivity contribution in [3.63, 3.8) is 0 Å². The van der Waals surface area contributed by atoms with Crippen molar-refractivity contribution in [1.82, 2.24) is 9.80 Å². The summed E-state index contributed by atoms with van der Waals surface area (Å²) in [5.41, 5.74) is 0. The summed E-state index contributed by atoms with van der Waals surface area (Å²) in [5.74, 6) is -0.307. The van der Waals surface area contributed by atoms with Crippen molar-refractivity contribution in [2.75, 3.05) is 33.2 Å². The fourth-order valence-corrected chi connectivity index (χ4v) is 2.15. The van der Waals surface area contributed by atoms with E-state index < -0.39 is 5.97 Å². The third-order valence-corrected chi connectivity index (χ3v) is 3.03. The number of hydrogen-bond donors (Lipinski definition) is 1. The monoisotopic (exact) mass is 228 g/mol. The molecule has 1 fully saturated rings. The van der Waals surface area contributed by atoms with Crippen molar-refractivity contribution in [1.29, 1.82) is 0 Å². The molecule has 92 valence electrons. The predicted molar refractivity (Wildman–Crippen MR) is 60.1 cm³/mol. The number of hydrogen-bond acceptors (Lipinski definition) is 3. The van der Waals surface area contributed by atoms with Gasteiger partial charge in [0.05, 0.1) is 6.54 Å². The normalized spacial score (nSPS) is 21.8. The number of carboxylic acid groups (broad SMARTS) is 1. The van der Waals surface area contributed by atoms with Crippen LogP contribution < -0.4 is 0 Å². The molecule has 1 rings (SSSR count). The van der Waals surface area contributed by atoms with Gasteiger partial charge >= 0.3 is 5.97 Å². The summed E-state index contributed by atoms with van der Waals surface area (Å²) in [7, 11) is 1.79. The first-order chi connectivity index (χ1) is 7.49. The molecular weight excluding hydrogens is 208 g/mol. The number of amides is 1. The van der Waals surface area contributed by atoms with Gasteiger partial charge in [-0.2, -0.15) is 0 Å². The standard InChI is InChI=1S/C11H20N2O3/c1-9(14)12(2)6-10-4-3-5-13(7-10)8-11(15)16/h10H,3-8H2,1-2H3,(H,15,16). The van der Waals surface area contributed by atoms with Gasteiger partial charge in [-0.1, -0.05) is 0 Å². The van der Waals surface area contributed by atoms with Gasteiger partial charge in [0, 0.05) is 27.1 Å². The van der Waals surface area contributed by atoms with E-state index in [9.17, 15) is 9.59 Å². The summed E-state index contributed by atoms with van der Waals surface area (Å²) < 4.78 is 0. The van der Waals surface area contributed by atoms with Crippen molar-refractivity contribution < 1.29 is 14.7 Å². The molecule has 0 radical (unpaired) electrons. The maximum absolute atomic E-state index is 11.1. The second-order valence-corrected chi connectivity index (χ2v) is 4.54. The zero-order chi connectivity index (χ0) is 12.1. The Morgan fingerprint density at radius 1 is 1.50 bits per heavy atom. The van der Waals surface area contributed by atoms with Crippen LogP contribution in [0, 0.1) is 5.92 Å². The highest BCUT2D eigenvalue weighted by Crippen LogP contribution is 2.16. The van der Waals surface area contributed by atoms with E-state index in [-0.39, 0.29) is 12.5 Å². The number of piperidine rings is 1. The van der Waals surface area contributed by atoms with Gasteiger partial charge in [-0.3, -0.25) is 14.5 Å². The van der Waals surface area contributed by atoms with Crippen molar-refractivity contribution in [2.24, 2.45) is 5.92 Å². The Balaban J connectivity index is 2.38. The van der Waals surface area contributed by atoms with Gasteiger partial charge < -0.3 is 10.0 Å². The lowest BCUT2D eigenvalue weighted by Gasteiger charge is -2.33. The number of rotatable bonds is 4. The molecule has 0 spiro atoms. The number of carboxylic acids is 1. The maximum Gasteiger partial charge on any atom is 0.317 e. The van der Waals surface area contributed by atoms with Crippen LogP contribution in [0.2, 0.25) is 0 Å². The molecule has 1 heterocycles. The summed E-state index contributed by atoms with van der Waals surface area (Å²) in [6.07, 6.45) is 2.09. The van der Waals surface area contributed by atoms with Gasteiger partial charge in [-0.05, 0) is 25.3 Å². The zero-order valence-corrected chi connectivity index (χ0v) is 9.98. The quantitative estimate of drug-likeness (QED) is 0.750. The summed E-state index contributed by atoms with van der Waals surface area (Å²) in [6, 6.07) is 0. The van der Waals surface area contributed by atoms with Crippen LogP contribution >= 0.6 is 0 Å². The van der Waals surface area contributed by atoms with Crippen LogP contribution in [0.3, 0.4) is 0 Å². The summed E-state index contributed by atoms with van der Waals surface area (Å²) in [5, 5.41) is 8.72. The van der Waals surface area contributed by atoms with E-state index in [0.29, 0.717) is 5.92 Å². The van der Waals surface area contributed by atoms with Crippen LogP contribution in [0.4, 0.5) is 0 Å². The lowest BCUT2D eigenvalue weighted by atomic mass is 9.97. The minimum Gasteiger partial charge on any atom is -0.480 e. The number of carbonyl (C=O) groups excluding carboxylic acids is 1. The third-order valence-electron chi connectivity index (χ3n) is 3.03. The first-order valence-electron chi connectivity index (χ1n) is 5.65. The average Bonchev–Trinajstić information content (AvgIpc) is 2.16. The fourth-order valence-electron chi connectivity index (χ4n) is 2.15. The molecule has 5 nitrogen and oxygen atoms in total. The number of aliphatic carboxylic acids is 1. The smallest absolute Gasteiger partial charge is 0.317 e. The number of carbonyl (C=O) groups is 2. The molecule has 16 heavy (non-hydrogen) atoms. The van der Waals surface area contributed by atoms with Crippen molar-refractivity contribution >= 4 is 11.9 Å².